The third kappa shape index (κ3) is 3.64. The summed E-state index contributed by atoms with van der Waals surface area (Å²) in [6.45, 7) is 3.27. The minimum Gasteiger partial charge on any atom is -0.314 e. The Morgan fingerprint density at radius 3 is 2.73 bits per heavy atom. The van der Waals surface area contributed by atoms with E-state index in [0.29, 0.717) is 0 Å². The van der Waals surface area contributed by atoms with Crippen LogP contribution < -0.4 is 5.32 Å². The summed E-state index contributed by atoms with van der Waals surface area (Å²) >= 11 is 0. The molecule has 2 aliphatic rings. The van der Waals surface area contributed by atoms with Crippen molar-refractivity contribution in [1.29, 1.82) is 0 Å². The van der Waals surface area contributed by atoms with Gasteiger partial charge < -0.3 is 5.32 Å². The van der Waals surface area contributed by atoms with Crippen molar-refractivity contribution in [3.8, 4) is 0 Å². The first-order chi connectivity index (χ1) is 7.40. The summed E-state index contributed by atoms with van der Waals surface area (Å²) in [6, 6.07) is 0.828. The molecule has 2 unspecified atom stereocenters. The van der Waals surface area contributed by atoms with Crippen LogP contribution in [0.25, 0.3) is 0 Å². The van der Waals surface area contributed by atoms with Crippen molar-refractivity contribution < 1.29 is 0 Å². The molecule has 1 heteroatoms. The first kappa shape index (κ1) is 11.2. The molecule has 2 fully saturated rings. The average Bonchev–Trinajstić information content (AvgIpc) is 3.09. The molecule has 2 saturated carbocycles. The smallest absolute Gasteiger partial charge is 0.00699 e. The van der Waals surface area contributed by atoms with Crippen molar-refractivity contribution in [1.82, 2.24) is 5.32 Å². The zero-order valence-corrected chi connectivity index (χ0v) is 10.0. The first-order valence-electron chi connectivity index (χ1n) is 6.74. The second-order valence-corrected chi connectivity index (χ2v) is 5.27. The molecule has 0 spiro atoms. The number of allylic oxidation sites excluding steroid dienone is 1. The summed E-state index contributed by atoms with van der Waals surface area (Å²) in [6.07, 6.45) is 14.5. The monoisotopic (exact) mass is 207 g/mol. The SMILES string of the molecule is C/C=C/CCNC1CCCC(C2CC2)C1. The van der Waals surface area contributed by atoms with Crippen LogP contribution in [-0.2, 0) is 0 Å². The van der Waals surface area contributed by atoms with Crippen molar-refractivity contribution in [2.24, 2.45) is 11.8 Å². The molecule has 86 valence electrons. The van der Waals surface area contributed by atoms with E-state index in [0.717, 1.165) is 17.9 Å². The highest BCUT2D eigenvalue weighted by Crippen LogP contribution is 2.43. The van der Waals surface area contributed by atoms with Crippen molar-refractivity contribution in [2.75, 3.05) is 6.54 Å². The number of rotatable bonds is 5. The molecule has 0 aliphatic heterocycles. The molecule has 0 aromatic rings. The third-order valence-electron chi connectivity index (χ3n) is 3.98. The first-order valence-corrected chi connectivity index (χ1v) is 6.74. The Kier molecular flexibility index (Phi) is 4.25. The van der Waals surface area contributed by atoms with Gasteiger partial charge in [-0.05, 0) is 57.4 Å². The Morgan fingerprint density at radius 2 is 2.00 bits per heavy atom. The number of hydrogen-bond acceptors (Lipinski definition) is 1. The lowest BCUT2D eigenvalue weighted by Crippen LogP contribution is -2.35. The molecular formula is C14H25N. The summed E-state index contributed by atoms with van der Waals surface area (Å²) in [5, 5.41) is 3.72. The van der Waals surface area contributed by atoms with Gasteiger partial charge in [-0.25, -0.2) is 0 Å². The Balaban J connectivity index is 1.63. The highest BCUT2D eigenvalue weighted by atomic mass is 14.9. The van der Waals surface area contributed by atoms with Gasteiger partial charge in [0.05, 0.1) is 0 Å². The molecule has 0 radical (unpaired) electrons. The molecule has 0 bridgehead atoms. The molecule has 2 aliphatic carbocycles. The zero-order chi connectivity index (χ0) is 10.5. The normalized spacial score (nSPS) is 32.3. The van der Waals surface area contributed by atoms with Gasteiger partial charge in [0.1, 0.15) is 0 Å². The maximum atomic E-state index is 3.72. The van der Waals surface area contributed by atoms with Crippen molar-refractivity contribution in [3.05, 3.63) is 12.2 Å². The fraction of sp³-hybridized carbons (Fsp3) is 0.857. The molecule has 0 saturated heterocycles. The Labute approximate surface area is 94.3 Å². The minimum atomic E-state index is 0.828. The number of hydrogen-bond donors (Lipinski definition) is 1. The van der Waals surface area contributed by atoms with Gasteiger partial charge in [-0.3, -0.25) is 0 Å². The van der Waals surface area contributed by atoms with Crippen LogP contribution in [0.15, 0.2) is 12.2 Å². The maximum absolute atomic E-state index is 3.72. The predicted molar refractivity (Wildman–Crippen MR) is 65.9 cm³/mol. The minimum absolute atomic E-state index is 0.828. The number of nitrogens with one attached hydrogen (secondary N) is 1. The van der Waals surface area contributed by atoms with Crippen LogP contribution in [0, 0.1) is 11.8 Å². The third-order valence-corrected chi connectivity index (χ3v) is 3.98. The standard InChI is InChI=1S/C14H25N/c1-2-3-4-10-15-14-7-5-6-13(11-14)12-8-9-12/h2-3,12-15H,4-11H2,1H3/b3-2+. The molecule has 0 amide bonds. The van der Waals surface area contributed by atoms with Crippen LogP contribution in [0.1, 0.15) is 51.9 Å². The van der Waals surface area contributed by atoms with Crippen LogP contribution in [0.3, 0.4) is 0 Å². The van der Waals surface area contributed by atoms with Gasteiger partial charge in [-0.1, -0.05) is 25.0 Å². The summed E-state index contributed by atoms with van der Waals surface area (Å²) in [7, 11) is 0. The molecule has 0 aromatic heterocycles. The van der Waals surface area contributed by atoms with E-state index in [4.69, 9.17) is 0 Å². The van der Waals surface area contributed by atoms with Crippen LogP contribution in [0.2, 0.25) is 0 Å². The predicted octanol–water partition coefficient (Wildman–Crippen LogP) is 3.51. The average molecular weight is 207 g/mol. The molecule has 1 N–H and O–H groups in total. The van der Waals surface area contributed by atoms with E-state index < -0.39 is 0 Å². The van der Waals surface area contributed by atoms with Gasteiger partial charge in [0.25, 0.3) is 0 Å². The van der Waals surface area contributed by atoms with Crippen LogP contribution in [-0.4, -0.2) is 12.6 Å². The van der Waals surface area contributed by atoms with Gasteiger partial charge in [0, 0.05) is 6.04 Å². The van der Waals surface area contributed by atoms with E-state index in [1.54, 1.807) is 0 Å². The Bertz CT molecular complexity index is 205. The van der Waals surface area contributed by atoms with Crippen molar-refractivity contribution in [3.63, 3.8) is 0 Å². The molecule has 0 heterocycles. The van der Waals surface area contributed by atoms with Gasteiger partial charge in [-0.15, -0.1) is 0 Å². The molecule has 2 rings (SSSR count). The summed E-state index contributed by atoms with van der Waals surface area (Å²) in [5.74, 6) is 2.18. The lowest BCUT2D eigenvalue weighted by atomic mass is 9.83. The van der Waals surface area contributed by atoms with Crippen LogP contribution >= 0.6 is 0 Å². The van der Waals surface area contributed by atoms with Crippen molar-refractivity contribution in [2.45, 2.75) is 57.9 Å². The fourth-order valence-electron chi connectivity index (χ4n) is 2.95. The second-order valence-electron chi connectivity index (χ2n) is 5.27. The van der Waals surface area contributed by atoms with E-state index in [1.165, 1.54) is 51.5 Å². The Hall–Kier alpha value is -0.300. The summed E-state index contributed by atoms with van der Waals surface area (Å²) in [5.41, 5.74) is 0. The molecule has 15 heavy (non-hydrogen) atoms. The van der Waals surface area contributed by atoms with E-state index in [1.807, 2.05) is 0 Å². The largest absolute Gasteiger partial charge is 0.314 e. The molecule has 0 aromatic carbocycles. The fourth-order valence-corrected chi connectivity index (χ4v) is 2.95. The summed E-state index contributed by atoms with van der Waals surface area (Å²) < 4.78 is 0. The van der Waals surface area contributed by atoms with Crippen LogP contribution in [0.5, 0.6) is 0 Å². The molecule has 2 atom stereocenters. The highest BCUT2D eigenvalue weighted by Gasteiger charge is 2.34. The zero-order valence-electron chi connectivity index (χ0n) is 10.0. The topological polar surface area (TPSA) is 12.0 Å². The van der Waals surface area contributed by atoms with Crippen molar-refractivity contribution >= 4 is 0 Å². The van der Waals surface area contributed by atoms with E-state index in [2.05, 4.69) is 24.4 Å². The molecule has 1 nitrogen and oxygen atoms in total. The van der Waals surface area contributed by atoms with E-state index in [-0.39, 0.29) is 0 Å². The van der Waals surface area contributed by atoms with E-state index in [9.17, 15) is 0 Å². The quantitative estimate of drug-likeness (QED) is 0.537. The van der Waals surface area contributed by atoms with Crippen LogP contribution in [0.4, 0.5) is 0 Å². The second kappa shape index (κ2) is 5.69. The van der Waals surface area contributed by atoms with Gasteiger partial charge >= 0.3 is 0 Å². The maximum Gasteiger partial charge on any atom is 0.00699 e. The molecular weight excluding hydrogens is 182 g/mol. The lowest BCUT2D eigenvalue weighted by molar-refractivity contribution is 0.262. The van der Waals surface area contributed by atoms with Gasteiger partial charge in [0.15, 0.2) is 0 Å². The highest BCUT2D eigenvalue weighted by molar-refractivity contribution is 4.88. The van der Waals surface area contributed by atoms with E-state index >= 15 is 0 Å². The summed E-state index contributed by atoms with van der Waals surface area (Å²) in [4.78, 5) is 0. The Morgan fingerprint density at radius 1 is 1.13 bits per heavy atom. The van der Waals surface area contributed by atoms with Gasteiger partial charge in [0.2, 0.25) is 0 Å². The lowest BCUT2D eigenvalue weighted by Gasteiger charge is -2.29. The van der Waals surface area contributed by atoms with Gasteiger partial charge in [-0.2, -0.15) is 0 Å².